The second-order valence-corrected chi connectivity index (χ2v) is 5.35. The number of rotatable bonds is 9. The van der Waals surface area contributed by atoms with Crippen molar-refractivity contribution in [2.45, 2.75) is 40.0 Å². The van der Waals surface area contributed by atoms with Crippen LogP contribution in [0.25, 0.3) is 0 Å². The van der Waals surface area contributed by atoms with Crippen molar-refractivity contribution < 1.29 is 9.18 Å². The average Bonchev–Trinajstić information content (AvgIpc) is 2.45. The molecule has 112 valence electrons. The molecular formula is C17H26FNO. The zero-order valence-electron chi connectivity index (χ0n) is 12.9. The fourth-order valence-electron chi connectivity index (χ4n) is 2.35. The van der Waals surface area contributed by atoms with Gasteiger partial charge in [-0.25, -0.2) is 4.39 Å². The van der Waals surface area contributed by atoms with Gasteiger partial charge in [0.05, 0.1) is 6.54 Å². The highest BCUT2D eigenvalue weighted by Gasteiger charge is 2.13. The molecule has 0 amide bonds. The second-order valence-electron chi connectivity index (χ2n) is 5.35. The summed E-state index contributed by atoms with van der Waals surface area (Å²) in [6.45, 7) is 8.85. The molecule has 0 atom stereocenters. The summed E-state index contributed by atoms with van der Waals surface area (Å²) in [7, 11) is 0. The Bertz CT molecular complexity index is 398. The molecule has 0 aromatic heterocycles. The maximum absolute atomic E-state index is 12.8. The lowest BCUT2D eigenvalue weighted by Gasteiger charge is -2.24. The van der Waals surface area contributed by atoms with Crippen molar-refractivity contribution in [1.29, 1.82) is 0 Å². The first-order valence-corrected chi connectivity index (χ1v) is 7.57. The normalized spacial score (nSPS) is 11.3. The number of nitrogens with zero attached hydrogens (tertiary/aromatic N) is 1. The van der Waals surface area contributed by atoms with Crippen molar-refractivity contribution >= 4 is 5.78 Å². The first-order chi connectivity index (χ1) is 9.58. The Hall–Kier alpha value is -1.22. The van der Waals surface area contributed by atoms with Crippen LogP contribution < -0.4 is 0 Å². The molecule has 1 rings (SSSR count). The zero-order valence-corrected chi connectivity index (χ0v) is 12.9. The Labute approximate surface area is 122 Å². The van der Waals surface area contributed by atoms with Gasteiger partial charge in [0.15, 0.2) is 5.78 Å². The summed E-state index contributed by atoms with van der Waals surface area (Å²) in [5.41, 5.74) is 0.884. The first kappa shape index (κ1) is 16.8. The molecule has 0 aliphatic rings. The second kappa shape index (κ2) is 8.85. The molecule has 0 unspecified atom stereocenters. The van der Waals surface area contributed by atoms with Gasteiger partial charge in [-0.2, -0.15) is 0 Å². The molecule has 0 spiro atoms. The molecule has 0 heterocycles. The highest BCUT2D eigenvalue weighted by Crippen LogP contribution is 2.10. The molecule has 1 aromatic carbocycles. The largest absolute Gasteiger partial charge is 0.298 e. The maximum Gasteiger partial charge on any atom is 0.151 e. The van der Waals surface area contributed by atoms with E-state index in [1.54, 1.807) is 12.1 Å². The highest BCUT2D eigenvalue weighted by molar-refractivity contribution is 5.82. The summed E-state index contributed by atoms with van der Waals surface area (Å²) in [5, 5.41) is 0. The van der Waals surface area contributed by atoms with Crippen molar-refractivity contribution in [1.82, 2.24) is 4.90 Å². The van der Waals surface area contributed by atoms with Crippen LogP contribution in [0.5, 0.6) is 0 Å². The Balaban J connectivity index is 2.48. The van der Waals surface area contributed by atoms with Crippen molar-refractivity contribution in [2.75, 3.05) is 19.6 Å². The summed E-state index contributed by atoms with van der Waals surface area (Å²) < 4.78 is 12.8. The van der Waals surface area contributed by atoms with Crippen LogP contribution in [0.4, 0.5) is 4.39 Å². The van der Waals surface area contributed by atoms with E-state index in [4.69, 9.17) is 0 Å². The summed E-state index contributed by atoms with van der Waals surface area (Å²) in [4.78, 5) is 14.3. The molecule has 3 heteroatoms. The lowest BCUT2D eigenvalue weighted by atomic mass is 10.0. The highest BCUT2D eigenvalue weighted by atomic mass is 19.1. The Morgan fingerprint density at radius 3 is 2.25 bits per heavy atom. The van der Waals surface area contributed by atoms with Crippen molar-refractivity contribution in [2.24, 2.45) is 5.92 Å². The number of carbonyl (C=O) groups is 1. The van der Waals surface area contributed by atoms with E-state index in [-0.39, 0.29) is 11.6 Å². The van der Waals surface area contributed by atoms with E-state index in [0.717, 1.165) is 31.5 Å². The lowest BCUT2D eigenvalue weighted by molar-refractivity contribution is -0.119. The fourth-order valence-corrected chi connectivity index (χ4v) is 2.35. The van der Waals surface area contributed by atoms with Gasteiger partial charge in [0, 0.05) is 13.0 Å². The van der Waals surface area contributed by atoms with Crippen LogP contribution in [-0.2, 0) is 11.2 Å². The van der Waals surface area contributed by atoms with Gasteiger partial charge in [-0.15, -0.1) is 0 Å². The van der Waals surface area contributed by atoms with E-state index in [9.17, 15) is 9.18 Å². The summed E-state index contributed by atoms with van der Waals surface area (Å²) in [6, 6.07) is 6.18. The predicted molar refractivity (Wildman–Crippen MR) is 81.3 cm³/mol. The standard InChI is InChI=1S/C17H26FNO/c1-4-14(5-2)12-19(6-3)13-17(20)11-15-7-9-16(18)10-8-15/h7-10,14H,4-6,11-13H2,1-3H3. The number of Topliss-reactive ketones (excluding diaryl/α,β-unsaturated/α-hetero) is 1. The van der Waals surface area contributed by atoms with Gasteiger partial charge in [0.2, 0.25) is 0 Å². The maximum atomic E-state index is 12.8. The van der Waals surface area contributed by atoms with E-state index in [1.165, 1.54) is 12.1 Å². The Morgan fingerprint density at radius 2 is 1.75 bits per heavy atom. The van der Waals surface area contributed by atoms with E-state index in [0.29, 0.717) is 18.9 Å². The third-order valence-electron chi connectivity index (χ3n) is 3.83. The van der Waals surface area contributed by atoms with Gasteiger partial charge >= 0.3 is 0 Å². The smallest absolute Gasteiger partial charge is 0.151 e. The van der Waals surface area contributed by atoms with E-state index >= 15 is 0 Å². The van der Waals surface area contributed by atoms with Gasteiger partial charge in [-0.1, -0.05) is 45.7 Å². The fraction of sp³-hybridized carbons (Fsp3) is 0.588. The third-order valence-corrected chi connectivity index (χ3v) is 3.83. The van der Waals surface area contributed by atoms with Crippen LogP contribution in [0.2, 0.25) is 0 Å². The molecule has 0 aliphatic carbocycles. The van der Waals surface area contributed by atoms with Crippen LogP contribution in [0, 0.1) is 11.7 Å². The third kappa shape index (κ3) is 5.83. The molecule has 0 saturated heterocycles. The predicted octanol–water partition coefficient (Wildman–Crippen LogP) is 3.70. The van der Waals surface area contributed by atoms with Crippen molar-refractivity contribution in [3.8, 4) is 0 Å². The van der Waals surface area contributed by atoms with Crippen LogP contribution in [0.1, 0.15) is 39.2 Å². The molecule has 0 N–H and O–H groups in total. The van der Waals surface area contributed by atoms with Crippen LogP contribution >= 0.6 is 0 Å². The van der Waals surface area contributed by atoms with E-state index in [2.05, 4.69) is 25.7 Å². The topological polar surface area (TPSA) is 20.3 Å². The Kier molecular flexibility index (Phi) is 7.45. The van der Waals surface area contributed by atoms with E-state index in [1.807, 2.05) is 0 Å². The number of carbonyl (C=O) groups excluding carboxylic acids is 1. The first-order valence-electron chi connectivity index (χ1n) is 7.57. The minimum absolute atomic E-state index is 0.199. The average molecular weight is 279 g/mol. The number of hydrogen-bond acceptors (Lipinski definition) is 2. The van der Waals surface area contributed by atoms with Crippen molar-refractivity contribution in [3.63, 3.8) is 0 Å². The molecule has 0 fully saturated rings. The van der Waals surface area contributed by atoms with Gasteiger partial charge in [-0.05, 0) is 30.2 Å². The number of benzene rings is 1. The minimum Gasteiger partial charge on any atom is -0.298 e. The van der Waals surface area contributed by atoms with Crippen LogP contribution in [-0.4, -0.2) is 30.3 Å². The quantitative estimate of drug-likeness (QED) is 0.687. The zero-order chi connectivity index (χ0) is 15.0. The molecule has 0 bridgehead atoms. The minimum atomic E-state index is -0.259. The molecular weight excluding hydrogens is 253 g/mol. The Morgan fingerprint density at radius 1 is 1.15 bits per heavy atom. The van der Waals surface area contributed by atoms with Gasteiger partial charge in [0.25, 0.3) is 0 Å². The number of likely N-dealkylation sites (N-methyl/N-ethyl adjacent to an activating group) is 1. The molecule has 20 heavy (non-hydrogen) atoms. The number of hydrogen-bond donors (Lipinski definition) is 0. The lowest BCUT2D eigenvalue weighted by Crippen LogP contribution is -2.34. The molecule has 1 aromatic rings. The van der Waals surface area contributed by atoms with Gasteiger partial charge in [0.1, 0.15) is 5.82 Å². The molecule has 2 nitrogen and oxygen atoms in total. The summed E-state index contributed by atoms with van der Waals surface area (Å²) in [6.07, 6.45) is 2.69. The van der Waals surface area contributed by atoms with Crippen LogP contribution in [0.15, 0.2) is 24.3 Å². The molecule has 0 aliphatic heterocycles. The SMILES string of the molecule is CCC(CC)CN(CC)CC(=O)Cc1ccc(F)cc1. The summed E-state index contributed by atoms with van der Waals surface area (Å²) >= 11 is 0. The van der Waals surface area contributed by atoms with Gasteiger partial charge < -0.3 is 0 Å². The van der Waals surface area contributed by atoms with E-state index < -0.39 is 0 Å². The van der Waals surface area contributed by atoms with Gasteiger partial charge in [-0.3, -0.25) is 9.69 Å². The summed E-state index contributed by atoms with van der Waals surface area (Å²) in [5.74, 6) is 0.600. The number of halogens is 1. The van der Waals surface area contributed by atoms with Crippen LogP contribution in [0.3, 0.4) is 0 Å². The number of ketones is 1. The monoisotopic (exact) mass is 279 g/mol. The molecule has 0 saturated carbocycles. The van der Waals surface area contributed by atoms with Crippen molar-refractivity contribution in [3.05, 3.63) is 35.6 Å². The molecule has 0 radical (unpaired) electrons.